The van der Waals surface area contributed by atoms with Crippen LogP contribution in [0.25, 0.3) is 0 Å². The van der Waals surface area contributed by atoms with E-state index in [-0.39, 0.29) is 30.4 Å². The number of carbonyl (C=O) groups is 1. The Kier molecular flexibility index (Phi) is 6.05. The average Bonchev–Trinajstić information content (AvgIpc) is 2.87. The number of carbonyl (C=O) groups excluding carboxylic acids is 1. The fourth-order valence-electron chi connectivity index (χ4n) is 2.72. The summed E-state index contributed by atoms with van der Waals surface area (Å²) in [6, 6.07) is 7.64. The summed E-state index contributed by atoms with van der Waals surface area (Å²) in [5.74, 6) is 0. The van der Waals surface area contributed by atoms with Crippen molar-refractivity contribution in [2.24, 2.45) is 0 Å². The first-order valence-corrected chi connectivity index (χ1v) is 9.75. The van der Waals surface area contributed by atoms with Gasteiger partial charge in [-0.1, -0.05) is 18.2 Å². The zero-order valence-corrected chi connectivity index (χ0v) is 15.6. The number of amides is 1. The highest BCUT2D eigenvalue weighted by Crippen LogP contribution is 2.25. The zero-order chi connectivity index (χ0) is 18.7. The first-order valence-electron chi connectivity index (χ1n) is 8.27. The first-order chi connectivity index (χ1) is 11.6. The van der Waals surface area contributed by atoms with Gasteiger partial charge in [0.25, 0.3) is 0 Å². The van der Waals surface area contributed by atoms with E-state index in [1.54, 1.807) is 39.0 Å². The molecule has 1 aromatic carbocycles. The number of sulfonamides is 1. The zero-order valence-electron chi connectivity index (χ0n) is 14.7. The molecule has 25 heavy (non-hydrogen) atoms. The summed E-state index contributed by atoms with van der Waals surface area (Å²) in [7, 11) is -3.61. The van der Waals surface area contributed by atoms with Gasteiger partial charge in [0.15, 0.2) is 0 Å². The van der Waals surface area contributed by atoms with E-state index in [1.165, 1.54) is 17.0 Å². The molecule has 0 unspecified atom stereocenters. The number of halogens is 1. The highest BCUT2D eigenvalue weighted by Gasteiger charge is 2.37. The molecule has 0 aromatic heterocycles. The lowest BCUT2D eigenvalue weighted by Crippen LogP contribution is -2.41. The van der Waals surface area contributed by atoms with Crippen LogP contribution >= 0.6 is 0 Å². The monoisotopic (exact) mass is 372 g/mol. The number of nitrogens with zero attached hydrogens (tertiary/aromatic N) is 1. The van der Waals surface area contributed by atoms with Crippen molar-refractivity contribution in [3.8, 4) is 0 Å². The molecule has 0 spiro atoms. The molecule has 1 N–H and O–H groups in total. The van der Waals surface area contributed by atoms with Gasteiger partial charge < -0.3 is 9.64 Å². The summed E-state index contributed by atoms with van der Waals surface area (Å²) in [5.41, 5.74) is -0.662. The van der Waals surface area contributed by atoms with Crippen molar-refractivity contribution in [1.82, 2.24) is 9.62 Å². The first kappa shape index (κ1) is 19.7. The quantitative estimate of drug-likeness (QED) is 0.862. The van der Waals surface area contributed by atoms with Gasteiger partial charge in [0, 0.05) is 19.0 Å². The fraction of sp³-hybridized carbons (Fsp3) is 0.588. The van der Waals surface area contributed by atoms with E-state index in [0.717, 1.165) is 0 Å². The maximum absolute atomic E-state index is 13.8. The lowest BCUT2D eigenvalue weighted by molar-refractivity contribution is 0.0214. The number of hydrogen-bond donors (Lipinski definition) is 1. The van der Waals surface area contributed by atoms with Crippen molar-refractivity contribution in [1.29, 1.82) is 0 Å². The summed E-state index contributed by atoms with van der Waals surface area (Å²) in [6.07, 6.45) is -1.18. The number of rotatable bonds is 5. The van der Waals surface area contributed by atoms with Gasteiger partial charge in [-0.25, -0.2) is 22.3 Å². The molecule has 2 atom stereocenters. The van der Waals surface area contributed by atoms with Crippen LogP contribution in [0.5, 0.6) is 0 Å². The molecule has 0 saturated carbocycles. The van der Waals surface area contributed by atoms with Gasteiger partial charge in [0.2, 0.25) is 10.0 Å². The third-order valence-corrected chi connectivity index (χ3v) is 5.29. The normalized spacial score (nSPS) is 21.4. The van der Waals surface area contributed by atoms with Crippen LogP contribution in [0.1, 0.15) is 33.6 Å². The Bertz CT molecular complexity index is 688. The minimum absolute atomic E-state index is 0.0228. The van der Waals surface area contributed by atoms with Crippen molar-refractivity contribution in [2.45, 2.75) is 56.3 Å². The van der Waals surface area contributed by atoms with Gasteiger partial charge in [-0.15, -0.1) is 0 Å². The number of likely N-dealkylation sites (tertiary alicyclic amines) is 1. The fourth-order valence-corrected chi connectivity index (χ4v) is 3.79. The maximum atomic E-state index is 13.8. The third kappa shape index (κ3) is 5.67. The van der Waals surface area contributed by atoms with Crippen LogP contribution in [0.4, 0.5) is 9.18 Å². The summed E-state index contributed by atoms with van der Waals surface area (Å²) in [5, 5.41) is 0. The molecule has 140 valence electrons. The van der Waals surface area contributed by atoms with Crippen LogP contribution in [0.2, 0.25) is 0 Å². The lowest BCUT2D eigenvalue weighted by Gasteiger charge is -2.28. The molecule has 1 fully saturated rings. The van der Waals surface area contributed by atoms with Crippen LogP contribution in [0.15, 0.2) is 35.2 Å². The Balaban J connectivity index is 1.93. The molecule has 2 rings (SSSR count). The van der Waals surface area contributed by atoms with Crippen LogP contribution < -0.4 is 4.72 Å². The lowest BCUT2D eigenvalue weighted by atomic mass is 10.1. The van der Waals surface area contributed by atoms with E-state index < -0.39 is 27.9 Å². The van der Waals surface area contributed by atoms with Gasteiger partial charge in [0.1, 0.15) is 11.8 Å². The van der Waals surface area contributed by atoms with Crippen LogP contribution in [0, 0.1) is 0 Å². The second kappa shape index (κ2) is 7.70. The second-order valence-corrected chi connectivity index (χ2v) is 8.89. The molecular weight excluding hydrogens is 347 g/mol. The molecule has 1 aromatic rings. The molecule has 1 aliphatic heterocycles. The Morgan fingerprint density at radius 3 is 2.56 bits per heavy atom. The largest absolute Gasteiger partial charge is 0.444 e. The molecule has 1 saturated heterocycles. The van der Waals surface area contributed by atoms with Crippen molar-refractivity contribution >= 4 is 16.1 Å². The summed E-state index contributed by atoms with van der Waals surface area (Å²) >= 11 is 0. The van der Waals surface area contributed by atoms with Crippen LogP contribution in [-0.4, -0.2) is 50.3 Å². The Morgan fingerprint density at radius 2 is 1.96 bits per heavy atom. The number of benzene rings is 1. The van der Waals surface area contributed by atoms with Crippen LogP contribution in [-0.2, 0) is 14.8 Å². The van der Waals surface area contributed by atoms with Crippen molar-refractivity contribution in [2.75, 3.05) is 13.1 Å². The molecule has 0 aliphatic carbocycles. The molecule has 6 nitrogen and oxygen atoms in total. The topological polar surface area (TPSA) is 75.7 Å². The Hall–Kier alpha value is -1.67. The molecule has 0 bridgehead atoms. The van der Waals surface area contributed by atoms with Crippen molar-refractivity contribution < 1.29 is 22.3 Å². The SMILES string of the molecule is CC(C)(C)OC(=O)N1C[C@H](F)C[C@H]1CCNS(=O)(=O)c1ccccc1. The van der Waals surface area contributed by atoms with E-state index in [2.05, 4.69) is 4.72 Å². The van der Waals surface area contributed by atoms with E-state index in [1.807, 2.05) is 0 Å². The van der Waals surface area contributed by atoms with Gasteiger partial charge in [-0.05, 0) is 39.3 Å². The maximum Gasteiger partial charge on any atom is 0.410 e. The van der Waals surface area contributed by atoms with E-state index in [4.69, 9.17) is 4.74 Å². The van der Waals surface area contributed by atoms with E-state index >= 15 is 0 Å². The molecule has 0 radical (unpaired) electrons. The number of nitrogens with one attached hydrogen (secondary N) is 1. The highest BCUT2D eigenvalue weighted by atomic mass is 32.2. The van der Waals surface area contributed by atoms with Gasteiger partial charge in [0.05, 0.1) is 11.4 Å². The number of hydrogen-bond acceptors (Lipinski definition) is 4. The predicted octanol–water partition coefficient (Wildman–Crippen LogP) is 2.70. The molecule has 1 heterocycles. The predicted molar refractivity (Wildman–Crippen MR) is 92.5 cm³/mol. The summed E-state index contributed by atoms with van der Waals surface area (Å²) in [6.45, 7) is 5.34. The standard InChI is InChI=1S/C17H25FN2O4S/c1-17(2,3)24-16(21)20-12-13(18)11-14(20)9-10-19-25(22,23)15-7-5-4-6-8-15/h4-8,13-14,19H,9-12H2,1-3H3/t13-,14-/m1/s1. The average molecular weight is 372 g/mol. The van der Waals surface area contributed by atoms with E-state index in [9.17, 15) is 17.6 Å². The second-order valence-electron chi connectivity index (χ2n) is 7.12. The molecular formula is C17H25FN2O4S. The van der Waals surface area contributed by atoms with Gasteiger partial charge in [-0.3, -0.25) is 0 Å². The van der Waals surface area contributed by atoms with Gasteiger partial charge in [-0.2, -0.15) is 0 Å². The van der Waals surface area contributed by atoms with Crippen LogP contribution in [0.3, 0.4) is 0 Å². The summed E-state index contributed by atoms with van der Waals surface area (Å²) < 4.78 is 45.9. The highest BCUT2D eigenvalue weighted by molar-refractivity contribution is 7.89. The summed E-state index contributed by atoms with van der Waals surface area (Å²) in [4.78, 5) is 13.7. The number of ether oxygens (including phenoxy) is 1. The van der Waals surface area contributed by atoms with Gasteiger partial charge >= 0.3 is 6.09 Å². The third-order valence-electron chi connectivity index (χ3n) is 3.81. The Labute approximate surface area is 148 Å². The minimum Gasteiger partial charge on any atom is -0.444 e. The molecule has 1 amide bonds. The van der Waals surface area contributed by atoms with Crippen molar-refractivity contribution in [3.05, 3.63) is 30.3 Å². The minimum atomic E-state index is -3.61. The van der Waals surface area contributed by atoms with E-state index in [0.29, 0.717) is 6.42 Å². The van der Waals surface area contributed by atoms with Crippen molar-refractivity contribution in [3.63, 3.8) is 0 Å². The smallest absolute Gasteiger partial charge is 0.410 e. The molecule has 8 heteroatoms. The number of alkyl halides is 1. The molecule has 1 aliphatic rings. The Morgan fingerprint density at radius 1 is 1.32 bits per heavy atom.